The SMILES string of the molecule is CCC1(CS(=O)(=O)F)CCCCO1. The lowest BCUT2D eigenvalue weighted by Gasteiger charge is -2.35. The summed E-state index contributed by atoms with van der Waals surface area (Å²) in [7, 11) is -4.42. The Labute approximate surface area is 78.5 Å². The third-order valence-electron chi connectivity index (χ3n) is 2.51. The highest BCUT2D eigenvalue weighted by molar-refractivity contribution is 7.86. The summed E-state index contributed by atoms with van der Waals surface area (Å²) in [5, 5.41) is 0. The first-order valence-electron chi connectivity index (χ1n) is 4.54. The lowest BCUT2D eigenvalue weighted by molar-refractivity contribution is -0.0647. The van der Waals surface area contributed by atoms with Crippen LogP contribution < -0.4 is 0 Å². The van der Waals surface area contributed by atoms with E-state index in [2.05, 4.69) is 0 Å². The van der Waals surface area contributed by atoms with Crippen molar-refractivity contribution in [3.63, 3.8) is 0 Å². The van der Waals surface area contributed by atoms with Gasteiger partial charge in [0.2, 0.25) is 0 Å². The van der Waals surface area contributed by atoms with Crippen LogP contribution in [0.5, 0.6) is 0 Å². The Bertz CT molecular complexity index is 255. The van der Waals surface area contributed by atoms with Gasteiger partial charge < -0.3 is 4.74 Å². The van der Waals surface area contributed by atoms with Crippen molar-refractivity contribution in [1.82, 2.24) is 0 Å². The maximum atomic E-state index is 12.5. The highest BCUT2D eigenvalue weighted by Gasteiger charge is 2.36. The summed E-state index contributed by atoms with van der Waals surface area (Å²) in [5.41, 5.74) is -0.758. The standard InChI is InChI=1S/C8H15FO3S/c1-2-8(7-13(9,10)11)5-3-4-6-12-8/h2-7H2,1H3. The van der Waals surface area contributed by atoms with E-state index in [0.29, 0.717) is 19.4 Å². The predicted molar refractivity (Wildman–Crippen MR) is 47.7 cm³/mol. The van der Waals surface area contributed by atoms with Gasteiger partial charge in [0.05, 0.1) is 5.60 Å². The molecule has 13 heavy (non-hydrogen) atoms. The van der Waals surface area contributed by atoms with Crippen LogP contribution in [0.25, 0.3) is 0 Å². The first-order valence-corrected chi connectivity index (χ1v) is 6.09. The number of rotatable bonds is 3. The molecular formula is C8H15FO3S. The fourth-order valence-corrected chi connectivity index (χ4v) is 2.78. The van der Waals surface area contributed by atoms with Crippen LogP contribution in [0.4, 0.5) is 3.89 Å². The second-order valence-corrected chi connectivity index (χ2v) is 4.89. The van der Waals surface area contributed by atoms with Crippen molar-refractivity contribution in [3.05, 3.63) is 0 Å². The van der Waals surface area contributed by atoms with Crippen molar-refractivity contribution in [2.45, 2.75) is 38.2 Å². The van der Waals surface area contributed by atoms with E-state index in [1.807, 2.05) is 6.92 Å². The van der Waals surface area contributed by atoms with Gasteiger partial charge in [0.25, 0.3) is 0 Å². The van der Waals surface area contributed by atoms with Crippen LogP contribution in [0.15, 0.2) is 0 Å². The van der Waals surface area contributed by atoms with E-state index in [-0.39, 0.29) is 0 Å². The topological polar surface area (TPSA) is 43.4 Å². The van der Waals surface area contributed by atoms with Gasteiger partial charge in [0.1, 0.15) is 5.75 Å². The average Bonchev–Trinajstić information content (AvgIpc) is 2.03. The summed E-state index contributed by atoms with van der Waals surface area (Å²) in [6.45, 7) is 2.37. The lowest BCUT2D eigenvalue weighted by Crippen LogP contribution is -2.41. The minimum atomic E-state index is -4.42. The van der Waals surface area contributed by atoms with Crippen LogP contribution in [-0.2, 0) is 15.0 Å². The quantitative estimate of drug-likeness (QED) is 0.665. The molecule has 1 aliphatic rings. The molecule has 78 valence electrons. The maximum Gasteiger partial charge on any atom is 0.305 e. The van der Waals surface area contributed by atoms with Crippen LogP contribution in [-0.4, -0.2) is 26.4 Å². The van der Waals surface area contributed by atoms with Crippen molar-refractivity contribution in [3.8, 4) is 0 Å². The summed E-state index contributed by atoms with van der Waals surface area (Å²) in [6, 6.07) is 0. The zero-order valence-corrected chi connectivity index (χ0v) is 8.57. The number of halogens is 1. The Morgan fingerprint density at radius 1 is 1.46 bits per heavy atom. The fraction of sp³-hybridized carbons (Fsp3) is 1.00. The van der Waals surface area contributed by atoms with Crippen molar-refractivity contribution >= 4 is 10.2 Å². The molecule has 5 heteroatoms. The van der Waals surface area contributed by atoms with E-state index >= 15 is 0 Å². The largest absolute Gasteiger partial charge is 0.374 e. The molecule has 1 aliphatic heterocycles. The van der Waals surface area contributed by atoms with Gasteiger partial charge in [-0.1, -0.05) is 6.92 Å². The molecule has 1 heterocycles. The van der Waals surface area contributed by atoms with E-state index in [4.69, 9.17) is 4.74 Å². The molecule has 1 atom stereocenters. The van der Waals surface area contributed by atoms with Crippen LogP contribution in [0.1, 0.15) is 32.6 Å². The first kappa shape index (κ1) is 10.9. The highest BCUT2D eigenvalue weighted by atomic mass is 32.3. The minimum Gasteiger partial charge on any atom is -0.374 e. The smallest absolute Gasteiger partial charge is 0.305 e. The van der Waals surface area contributed by atoms with Crippen molar-refractivity contribution in [2.75, 3.05) is 12.4 Å². The average molecular weight is 210 g/mol. The first-order chi connectivity index (χ1) is 5.97. The zero-order chi connectivity index (χ0) is 9.95. The fourth-order valence-electron chi connectivity index (χ4n) is 1.72. The molecule has 0 spiro atoms. The van der Waals surface area contributed by atoms with E-state index in [0.717, 1.165) is 12.8 Å². The summed E-state index contributed by atoms with van der Waals surface area (Å²) >= 11 is 0. The monoisotopic (exact) mass is 210 g/mol. The van der Waals surface area contributed by atoms with Crippen LogP contribution in [0.3, 0.4) is 0 Å². The molecule has 1 rings (SSSR count). The lowest BCUT2D eigenvalue weighted by atomic mass is 9.93. The van der Waals surface area contributed by atoms with Crippen molar-refractivity contribution in [1.29, 1.82) is 0 Å². The Kier molecular flexibility index (Phi) is 3.29. The van der Waals surface area contributed by atoms with Crippen molar-refractivity contribution in [2.24, 2.45) is 0 Å². The molecule has 1 unspecified atom stereocenters. The molecule has 1 saturated heterocycles. The molecule has 0 bridgehead atoms. The van der Waals surface area contributed by atoms with Crippen LogP contribution in [0, 0.1) is 0 Å². The molecule has 0 radical (unpaired) electrons. The van der Waals surface area contributed by atoms with E-state index in [1.54, 1.807) is 0 Å². The highest BCUT2D eigenvalue weighted by Crippen LogP contribution is 2.29. The maximum absolute atomic E-state index is 12.5. The Morgan fingerprint density at radius 2 is 2.15 bits per heavy atom. The Balaban J connectivity index is 2.68. The van der Waals surface area contributed by atoms with Gasteiger partial charge in [0, 0.05) is 6.61 Å². The second-order valence-electron chi connectivity index (χ2n) is 3.53. The normalized spacial score (nSPS) is 30.3. The zero-order valence-electron chi connectivity index (χ0n) is 7.75. The molecule has 0 aromatic rings. The number of ether oxygens (including phenoxy) is 1. The van der Waals surface area contributed by atoms with Gasteiger partial charge in [-0.05, 0) is 25.7 Å². The molecule has 0 N–H and O–H groups in total. The summed E-state index contributed by atoms with van der Waals surface area (Å²) in [6.07, 6.45) is 3.06. The molecular weight excluding hydrogens is 195 g/mol. The van der Waals surface area contributed by atoms with E-state index < -0.39 is 21.6 Å². The third kappa shape index (κ3) is 3.23. The number of hydrogen-bond acceptors (Lipinski definition) is 3. The Morgan fingerprint density at radius 3 is 2.54 bits per heavy atom. The molecule has 0 aromatic carbocycles. The molecule has 0 aliphatic carbocycles. The van der Waals surface area contributed by atoms with E-state index in [9.17, 15) is 12.3 Å². The summed E-state index contributed by atoms with van der Waals surface area (Å²) in [5.74, 6) is -0.490. The summed E-state index contributed by atoms with van der Waals surface area (Å²) in [4.78, 5) is 0. The number of hydrogen-bond donors (Lipinski definition) is 0. The molecule has 0 aromatic heterocycles. The summed E-state index contributed by atoms with van der Waals surface area (Å²) < 4.78 is 38.9. The van der Waals surface area contributed by atoms with Crippen molar-refractivity contribution < 1.29 is 17.0 Å². The molecule has 0 amide bonds. The molecule has 0 saturated carbocycles. The van der Waals surface area contributed by atoms with Gasteiger partial charge in [-0.3, -0.25) is 0 Å². The van der Waals surface area contributed by atoms with E-state index in [1.165, 1.54) is 0 Å². The second kappa shape index (κ2) is 3.92. The minimum absolute atomic E-state index is 0.490. The van der Waals surface area contributed by atoms with Gasteiger partial charge in [-0.25, -0.2) is 0 Å². The van der Waals surface area contributed by atoms with Gasteiger partial charge >= 0.3 is 10.2 Å². The van der Waals surface area contributed by atoms with Gasteiger partial charge in [-0.15, -0.1) is 3.89 Å². The molecule has 3 nitrogen and oxygen atoms in total. The predicted octanol–water partition coefficient (Wildman–Crippen LogP) is 1.64. The Hall–Kier alpha value is -0.160. The van der Waals surface area contributed by atoms with Crippen LogP contribution in [0.2, 0.25) is 0 Å². The van der Waals surface area contributed by atoms with Gasteiger partial charge in [-0.2, -0.15) is 8.42 Å². The molecule has 1 fully saturated rings. The van der Waals surface area contributed by atoms with Crippen LogP contribution >= 0.6 is 0 Å². The van der Waals surface area contributed by atoms with Gasteiger partial charge in [0.15, 0.2) is 0 Å². The third-order valence-corrected chi connectivity index (χ3v) is 3.39.